The lowest BCUT2D eigenvalue weighted by Crippen LogP contribution is -2.54. The van der Waals surface area contributed by atoms with Gasteiger partial charge in [-0.25, -0.2) is 0 Å². The number of hydrogen-bond donors (Lipinski definition) is 3. The predicted molar refractivity (Wildman–Crippen MR) is 138 cm³/mol. The Bertz CT molecular complexity index is 1380. The van der Waals surface area contributed by atoms with Gasteiger partial charge in [0.2, 0.25) is 0 Å². The van der Waals surface area contributed by atoms with Crippen LogP contribution in [0.25, 0.3) is 23.3 Å². The van der Waals surface area contributed by atoms with E-state index in [4.69, 9.17) is 0 Å². The fourth-order valence-corrected chi connectivity index (χ4v) is 4.66. The van der Waals surface area contributed by atoms with E-state index < -0.39 is 30.4 Å². The lowest BCUT2D eigenvalue weighted by Gasteiger charge is -2.34. The van der Waals surface area contributed by atoms with Crippen LogP contribution in [0.3, 0.4) is 0 Å². The molecule has 0 aliphatic carbocycles. The van der Waals surface area contributed by atoms with Crippen molar-refractivity contribution in [3.05, 3.63) is 94.0 Å². The molecule has 9 heteroatoms. The quantitative estimate of drug-likeness (QED) is 0.388. The zero-order chi connectivity index (χ0) is 27.3. The molecular formula is C29H26F3N3O3. The van der Waals surface area contributed by atoms with E-state index in [0.29, 0.717) is 29.8 Å². The summed E-state index contributed by atoms with van der Waals surface area (Å²) in [5.41, 5.74) is 1.71. The van der Waals surface area contributed by atoms with Gasteiger partial charge in [0, 0.05) is 31.7 Å². The molecule has 0 bridgehead atoms. The number of aliphatic carboxylic acids is 1. The van der Waals surface area contributed by atoms with Gasteiger partial charge in [0.15, 0.2) is 0 Å². The molecule has 1 aliphatic rings. The summed E-state index contributed by atoms with van der Waals surface area (Å²) in [7, 11) is 0. The lowest BCUT2D eigenvalue weighted by molar-refractivity contribution is -0.144. The molecule has 3 N–H and O–H groups in total. The van der Waals surface area contributed by atoms with Gasteiger partial charge in [-0.3, -0.25) is 9.69 Å². The maximum absolute atomic E-state index is 14.1. The highest BCUT2D eigenvalue weighted by atomic mass is 19.4. The van der Waals surface area contributed by atoms with Crippen molar-refractivity contribution >= 4 is 18.1 Å². The van der Waals surface area contributed by atoms with E-state index in [0.717, 1.165) is 11.6 Å². The summed E-state index contributed by atoms with van der Waals surface area (Å²) in [5.74, 6) is -1.07. The molecule has 1 aliphatic heterocycles. The number of carboxylic acid groups (broad SMARTS) is 1. The van der Waals surface area contributed by atoms with Crippen LogP contribution in [0.5, 0.6) is 0 Å². The maximum atomic E-state index is 14.1. The van der Waals surface area contributed by atoms with E-state index in [9.17, 15) is 33.4 Å². The number of rotatable bonds is 7. The third-order valence-electron chi connectivity index (χ3n) is 6.60. The number of nitrogens with one attached hydrogen (secondary N) is 1. The molecule has 0 spiro atoms. The van der Waals surface area contributed by atoms with Gasteiger partial charge in [0.1, 0.15) is 12.1 Å². The Morgan fingerprint density at radius 2 is 1.82 bits per heavy atom. The summed E-state index contributed by atoms with van der Waals surface area (Å²) < 4.78 is 42.4. The number of aliphatic hydroxyl groups is 1. The molecular weight excluding hydrogens is 495 g/mol. The molecule has 1 heterocycles. The molecule has 0 amide bonds. The fourth-order valence-electron chi connectivity index (χ4n) is 4.66. The van der Waals surface area contributed by atoms with Crippen molar-refractivity contribution in [2.75, 3.05) is 19.6 Å². The van der Waals surface area contributed by atoms with Crippen molar-refractivity contribution in [3.8, 4) is 17.2 Å². The van der Waals surface area contributed by atoms with E-state index in [2.05, 4.69) is 11.4 Å². The number of carboxylic acids is 1. The Balaban J connectivity index is 1.74. The summed E-state index contributed by atoms with van der Waals surface area (Å²) in [4.78, 5) is 13.2. The Morgan fingerprint density at radius 3 is 2.47 bits per heavy atom. The van der Waals surface area contributed by atoms with Crippen LogP contribution in [-0.2, 0) is 24.1 Å². The van der Waals surface area contributed by atoms with E-state index >= 15 is 0 Å². The van der Waals surface area contributed by atoms with Crippen LogP contribution in [0.2, 0.25) is 0 Å². The SMILES string of the molecule is N#Cc1c(/C=C/c2cc(CO)c(CN3CCNC[C@H]3C(=O)O)cc2C(F)(F)F)cccc1-c1ccccc1. The minimum atomic E-state index is -4.69. The van der Waals surface area contributed by atoms with Crippen molar-refractivity contribution in [3.63, 3.8) is 0 Å². The highest BCUT2D eigenvalue weighted by Crippen LogP contribution is 2.36. The topological polar surface area (TPSA) is 96.6 Å². The summed E-state index contributed by atoms with van der Waals surface area (Å²) in [6.07, 6.45) is -1.93. The molecule has 0 aromatic heterocycles. The second-order valence-corrected chi connectivity index (χ2v) is 8.97. The molecule has 1 saturated heterocycles. The Morgan fingerprint density at radius 1 is 1.08 bits per heavy atom. The molecule has 1 fully saturated rings. The first-order valence-electron chi connectivity index (χ1n) is 12.0. The average molecular weight is 522 g/mol. The van der Waals surface area contributed by atoms with Gasteiger partial charge < -0.3 is 15.5 Å². The first kappa shape index (κ1) is 27.1. The van der Waals surface area contributed by atoms with Crippen LogP contribution >= 0.6 is 0 Å². The first-order valence-corrected chi connectivity index (χ1v) is 12.0. The van der Waals surface area contributed by atoms with Gasteiger partial charge in [-0.1, -0.05) is 60.7 Å². The Kier molecular flexibility index (Phi) is 8.27. The molecule has 6 nitrogen and oxygen atoms in total. The van der Waals surface area contributed by atoms with E-state index in [1.54, 1.807) is 23.1 Å². The van der Waals surface area contributed by atoms with E-state index in [-0.39, 0.29) is 29.8 Å². The van der Waals surface area contributed by atoms with Crippen molar-refractivity contribution in [1.29, 1.82) is 5.26 Å². The van der Waals surface area contributed by atoms with Crippen molar-refractivity contribution in [2.45, 2.75) is 25.4 Å². The third kappa shape index (κ3) is 5.94. The lowest BCUT2D eigenvalue weighted by atomic mass is 9.94. The number of nitrogens with zero attached hydrogens (tertiary/aromatic N) is 2. The number of aliphatic hydroxyl groups excluding tert-OH is 1. The summed E-state index contributed by atoms with van der Waals surface area (Å²) in [6.45, 7) is 0.485. The molecule has 3 aromatic rings. The minimum Gasteiger partial charge on any atom is -0.480 e. The molecule has 3 aromatic carbocycles. The normalized spacial score (nSPS) is 16.4. The standard InChI is InChI=1S/C29H26F3N3O3/c30-29(31,32)26-14-22(17-35-12-11-34-16-27(35)28(37)38)23(18-36)13-21(26)10-9-20-7-4-8-24(25(20)15-33)19-5-2-1-3-6-19/h1-10,13-14,27,34,36H,11-12,16-18H2,(H,37,38)/b10-9+/t27-/m0/s1. The second-order valence-electron chi connectivity index (χ2n) is 8.97. The van der Waals surface area contributed by atoms with Gasteiger partial charge in [-0.15, -0.1) is 0 Å². The Hall–Kier alpha value is -3.97. The number of hydrogen-bond acceptors (Lipinski definition) is 5. The molecule has 0 unspecified atom stereocenters. The maximum Gasteiger partial charge on any atom is 0.416 e. The second kappa shape index (κ2) is 11.6. The van der Waals surface area contributed by atoms with Gasteiger partial charge >= 0.3 is 12.1 Å². The van der Waals surface area contributed by atoms with Gasteiger partial charge in [0.05, 0.1) is 17.7 Å². The van der Waals surface area contributed by atoms with Crippen LogP contribution in [0, 0.1) is 11.3 Å². The monoisotopic (exact) mass is 521 g/mol. The average Bonchev–Trinajstić information content (AvgIpc) is 2.91. The van der Waals surface area contributed by atoms with Crippen LogP contribution in [0.15, 0.2) is 60.7 Å². The molecule has 0 saturated carbocycles. The number of nitriles is 1. The number of alkyl halides is 3. The first-order chi connectivity index (χ1) is 18.2. The van der Waals surface area contributed by atoms with Gasteiger partial charge in [0.25, 0.3) is 0 Å². The summed E-state index contributed by atoms with van der Waals surface area (Å²) in [6, 6.07) is 18.0. The third-order valence-corrected chi connectivity index (χ3v) is 6.60. The fraction of sp³-hybridized carbons (Fsp3) is 0.241. The molecule has 196 valence electrons. The Labute approximate surface area is 218 Å². The highest BCUT2D eigenvalue weighted by Gasteiger charge is 2.35. The smallest absolute Gasteiger partial charge is 0.416 e. The van der Waals surface area contributed by atoms with Gasteiger partial charge in [-0.05, 0) is 39.9 Å². The van der Waals surface area contributed by atoms with Crippen molar-refractivity contribution < 1.29 is 28.2 Å². The van der Waals surface area contributed by atoms with Crippen LogP contribution in [-0.4, -0.2) is 46.8 Å². The number of carbonyl (C=O) groups is 1. The number of piperazine rings is 1. The van der Waals surface area contributed by atoms with Crippen LogP contribution in [0.1, 0.15) is 33.4 Å². The molecule has 0 radical (unpaired) electrons. The summed E-state index contributed by atoms with van der Waals surface area (Å²) in [5, 5.41) is 32.3. The minimum absolute atomic E-state index is 0.0423. The van der Waals surface area contributed by atoms with Crippen molar-refractivity contribution in [1.82, 2.24) is 10.2 Å². The van der Waals surface area contributed by atoms with Crippen molar-refractivity contribution in [2.24, 2.45) is 0 Å². The molecule has 38 heavy (non-hydrogen) atoms. The van der Waals surface area contributed by atoms with Crippen LogP contribution < -0.4 is 5.32 Å². The molecule has 1 atom stereocenters. The van der Waals surface area contributed by atoms with Crippen LogP contribution in [0.4, 0.5) is 13.2 Å². The zero-order valence-corrected chi connectivity index (χ0v) is 20.4. The summed E-state index contributed by atoms with van der Waals surface area (Å²) >= 11 is 0. The van der Waals surface area contributed by atoms with E-state index in [1.807, 2.05) is 30.3 Å². The van der Waals surface area contributed by atoms with Gasteiger partial charge in [-0.2, -0.15) is 18.4 Å². The predicted octanol–water partition coefficient (Wildman–Crippen LogP) is 4.77. The molecule has 4 rings (SSSR count). The number of benzene rings is 3. The highest BCUT2D eigenvalue weighted by molar-refractivity contribution is 5.81. The largest absolute Gasteiger partial charge is 0.480 e. The van der Waals surface area contributed by atoms with E-state index in [1.165, 1.54) is 18.2 Å². The zero-order valence-electron chi connectivity index (χ0n) is 20.4. The number of halogens is 3.